The summed E-state index contributed by atoms with van der Waals surface area (Å²) in [6.07, 6.45) is 5.54. The topological polar surface area (TPSA) is 149 Å². The van der Waals surface area contributed by atoms with Crippen LogP contribution in [0.4, 0.5) is 10.5 Å². The zero-order valence-corrected chi connectivity index (χ0v) is 22.3. The number of amides is 1. The van der Waals surface area contributed by atoms with Gasteiger partial charge in [-0.3, -0.25) is 4.90 Å². The Morgan fingerprint density at radius 2 is 1.95 bits per heavy atom. The summed E-state index contributed by atoms with van der Waals surface area (Å²) >= 11 is 12.7. The van der Waals surface area contributed by atoms with Gasteiger partial charge in [-0.05, 0) is 65.7 Å². The number of aliphatic hydroxyl groups is 1. The molecule has 1 atom stereocenters. The molecule has 0 bridgehead atoms. The summed E-state index contributed by atoms with van der Waals surface area (Å²) in [6.45, 7) is 0. The first-order chi connectivity index (χ1) is 19.2. The molecule has 0 saturated heterocycles. The molecular weight excluding hydrogens is 559 g/mol. The average Bonchev–Trinajstić information content (AvgIpc) is 3.69. The molecule has 3 aromatic heterocycles. The van der Waals surface area contributed by atoms with Crippen LogP contribution in [0.2, 0.25) is 10.0 Å². The maximum atomic E-state index is 13.4. The fraction of sp³-hybridized carbons (Fsp3) is 0.154. The molecule has 0 fully saturated rings. The molecule has 14 heteroatoms. The van der Waals surface area contributed by atoms with E-state index in [2.05, 4.69) is 20.6 Å². The van der Waals surface area contributed by atoms with Crippen LogP contribution in [-0.4, -0.2) is 53.3 Å². The third kappa shape index (κ3) is 4.22. The smallest absolute Gasteiger partial charge is 0.411 e. The van der Waals surface area contributed by atoms with E-state index in [1.165, 1.54) is 41.2 Å². The number of halogens is 2. The number of tetrazole rings is 1. The SMILES string of the molecule is CN(C(=O)O)c1ccc(-n2cc(C3(O)CCc4cc(-c5cc(Cl)ccc5-n5cnnn5)c[n+]([O-])c43)cn2)c(Cl)c1. The van der Waals surface area contributed by atoms with E-state index in [0.717, 1.165) is 4.90 Å². The fourth-order valence-electron chi connectivity index (χ4n) is 5.01. The summed E-state index contributed by atoms with van der Waals surface area (Å²) in [4.78, 5) is 12.3. The third-order valence-electron chi connectivity index (χ3n) is 7.04. The summed E-state index contributed by atoms with van der Waals surface area (Å²) in [5, 5.41) is 50.9. The van der Waals surface area contributed by atoms with Crippen molar-refractivity contribution in [1.29, 1.82) is 0 Å². The minimum Gasteiger partial charge on any atom is -0.618 e. The molecule has 0 saturated carbocycles. The number of hydrogen-bond acceptors (Lipinski definition) is 7. The highest BCUT2D eigenvalue weighted by Crippen LogP contribution is 2.42. The molecule has 6 rings (SSSR count). The van der Waals surface area contributed by atoms with Gasteiger partial charge in [0, 0.05) is 46.2 Å². The number of fused-ring (bicyclic) bond motifs is 1. The van der Waals surface area contributed by atoms with Crippen molar-refractivity contribution in [2.24, 2.45) is 0 Å². The van der Waals surface area contributed by atoms with Crippen LogP contribution >= 0.6 is 23.2 Å². The van der Waals surface area contributed by atoms with E-state index in [-0.39, 0.29) is 17.1 Å². The van der Waals surface area contributed by atoms with Gasteiger partial charge in [0.05, 0.1) is 22.6 Å². The van der Waals surface area contributed by atoms with Crippen LogP contribution in [0.25, 0.3) is 22.5 Å². The van der Waals surface area contributed by atoms with E-state index in [9.17, 15) is 20.2 Å². The largest absolute Gasteiger partial charge is 0.618 e. The molecule has 5 aromatic rings. The number of pyridine rings is 1. The highest BCUT2D eigenvalue weighted by Gasteiger charge is 2.47. The van der Waals surface area contributed by atoms with E-state index in [0.29, 0.717) is 55.5 Å². The molecule has 202 valence electrons. The second-order valence-corrected chi connectivity index (χ2v) is 10.2. The van der Waals surface area contributed by atoms with Gasteiger partial charge in [-0.25, -0.2) is 9.48 Å². The van der Waals surface area contributed by atoms with E-state index in [4.69, 9.17) is 23.2 Å². The van der Waals surface area contributed by atoms with Gasteiger partial charge in [0.1, 0.15) is 6.33 Å². The van der Waals surface area contributed by atoms with Crippen molar-refractivity contribution in [2.45, 2.75) is 18.4 Å². The van der Waals surface area contributed by atoms with Gasteiger partial charge in [-0.15, -0.1) is 5.10 Å². The Kier molecular flexibility index (Phi) is 6.17. The molecule has 1 aliphatic rings. The Morgan fingerprint density at radius 3 is 2.67 bits per heavy atom. The molecule has 3 heterocycles. The molecule has 1 aliphatic carbocycles. The van der Waals surface area contributed by atoms with Crippen molar-refractivity contribution in [1.82, 2.24) is 30.0 Å². The predicted molar refractivity (Wildman–Crippen MR) is 145 cm³/mol. The van der Waals surface area contributed by atoms with Gasteiger partial charge in [0.15, 0.2) is 11.8 Å². The first-order valence-corrected chi connectivity index (χ1v) is 12.8. The van der Waals surface area contributed by atoms with Crippen LogP contribution < -0.4 is 9.63 Å². The zero-order chi connectivity index (χ0) is 28.2. The van der Waals surface area contributed by atoms with E-state index < -0.39 is 11.7 Å². The number of anilines is 1. The van der Waals surface area contributed by atoms with Crippen molar-refractivity contribution in [3.05, 3.63) is 99.5 Å². The quantitative estimate of drug-likeness (QED) is 0.236. The minimum absolute atomic E-state index is 0.214. The maximum Gasteiger partial charge on any atom is 0.411 e. The zero-order valence-electron chi connectivity index (χ0n) is 20.8. The van der Waals surface area contributed by atoms with Gasteiger partial charge in [-0.1, -0.05) is 23.2 Å². The van der Waals surface area contributed by atoms with Crippen molar-refractivity contribution in [2.75, 3.05) is 11.9 Å². The highest BCUT2D eigenvalue weighted by atomic mass is 35.5. The van der Waals surface area contributed by atoms with E-state index >= 15 is 0 Å². The molecule has 2 N–H and O–H groups in total. The Labute approximate surface area is 236 Å². The normalized spacial score (nSPS) is 16.2. The molecule has 1 unspecified atom stereocenters. The van der Waals surface area contributed by atoms with Gasteiger partial charge < -0.3 is 15.4 Å². The lowest BCUT2D eigenvalue weighted by atomic mass is 9.93. The molecule has 0 spiro atoms. The number of nitrogens with zero attached hydrogens (tertiary/aromatic N) is 8. The molecule has 2 aromatic carbocycles. The maximum absolute atomic E-state index is 13.4. The van der Waals surface area contributed by atoms with Crippen molar-refractivity contribution >= 4 is 35.0 Å². The van der Waals surface area contributed by atoms with Crippen molar-refractivity contribution in [3.8, 4) is 22.5 Å². The van der Waals surface area contributed by atoms with Gasteiger partial charge >= 0.3 is 6.09 Å². The average molecular weight is 579 g/mol. The lowest BCUT2D eigenvalue weighted by Crippen LogP contribution is -2.41. The molecular formula is C26H20Cl2N8O4. The van der Waals surface area contributed by atoms with E-state index in [1.54, 1.807) is 36.5 Å². The first-order valence-electron chi connectivity index (χ1n) is 12.0. The number of rotatable bonds is 5. The van der Waals surface area contributed by atoms with Gasteiger partial charge in [0.25, 0.3) is 0 Å². The third-order valence-corrected chi connectivity index (χ3v) is 7.57. The summed E-state index contributed by atoms with van der Waals surface area (Å²) in [5.74, 6) is 0. The predicted octanol–water partition coefficient (Wildman–Crippen LogP) is 3.75. The van der Waals surface area contributed by atoms with Gasteiger partial charge in [-0.2, -0.15) is 14.5 Å². The number of carbonyl (C=O) groups is 1. The first kappa shape index (κ1) is 25.7. The number of benzene rings is 2. The summed E-state index contributed by atoms with van der Waals surface area (Å²) in [5.41, 5.74) is 2.50. The molecule has 0 radical (unpaired) electrons. The molecule has 1 amide bonds. The fourth-order valence-corrected chi connectivity index (χ4v) is 5.44. The summed E-state index contributed by atoms with van der Waals surface area (Å²) in [7, 11) is 1.41. The Bertz CT molecular complexity index is 1770. The number of hydrogen-bond donors (Lipinski definition) is 2. The number of carboxylic acid groups (broad SMARTS) is 1. The Balaban J connectivity index is 1.37. The molecule has 40 heavy (non-hydrogen) atoms. The van der Waals surface area contributed by atoms with Crippen LogP contribution in [0.3, 0.4) is 0 Å². The summed E-state index contributed by atoms with van der Waals surface area (Å²) in [6, 6.07) is 11.8. The van der Waals surface area contributed by atoms with E-state index in [1.807, 2.05) is 6.07 Å². The second-order valence-electron chi connectivity index (χ2n) is 9.36. The standard InChI is InChI=1S/C26H20Cl2N8O4/c1-33(25(37)38)19-3-5-23(21(28)10-19)34-13-17(11-30-34)26(39)7-6-15-8-16(12-36(40)24(15)26)20-9-18(27)2-4-22(20)35-14-29-31-32-35/h2-5,8-14,39H,6-7H2,1H3,(H,37,38). The number of aryl methyl sites for hydroxylation is 1. The van der Waals surface area contributed by atoms with Crippen molar-refractivity contribution < 1.29 is 19.7 Å². The van der Waals surface area contributed by atoms with Crippen LogP contribution in [0.15, 0.2) is 67.4 Å². The Hall–Kier alpha value is -4.52. The number of aromatic nitrogens is 7. The lowest BCUT2D eigenvalue weighted by molar-refractivity contribution is -0.620. The lowest BCUT2D eigenvalue weighted by Gasteiger charge is -2.21. The molecule has 0 aliphatic heterocycles. The monoisotopic (exact) mass is 578 g/mol. The Morgan fingerprint density at radius 1 is 1.15 bits per heavy atom. The van der Waals surface area contributed by atoms with Crippen LogP contribution in [0.1, 0.15) is 23.2 Å². The molecule has 12 nitrogen and oxygen atoms in total. The van der Waals surface area contributed by atoms with Crippen molar-refractivity contribution in [3.63, 3.8) is 0 Å². The highest BCUT2D eigenvalue weighted by molar-refractivity contribution is 6.32. The van der Waals surface area contributed by atoms with Crippen LogP contribution in [0, 0.1) is 5.21 Å². The van der Waals surface area contributed by atoms with Crippen LogP contribution in [0.5, 0.6) is 0 Å². The summed E-state index contributed by atoms with van der Waals surface area (Å²) < 4.78 is 3.64. The minimum atomic E-state index is -1.59. The van der Waals surface area contributed by atoms with Crippen LogP contribution in [-0.2, 0) is 12.0 Å². The van der Waals surface area contributed by atoms with Gasteiger partial charge in [0.2, 0.25) is 5.69 Å². The second kappa shape index (κ2) is 9.59.